The summed E-state index contributed by atoms with van der Waals surface area (Å²) in [5, 5.41) is 9.36. The third kappa shape index (κ3) is 3.02. The Morgan fingerprint density at radius 1 is 1.44 bits per heavy atom. The van der Waals surface area contributed by atoms with Gasteiger partial charge < -0.3 is 15.7 Å². The van der Waals surface area contributed by atoms with Crippen molar-refractivity contribution >= 4 is 11.9 Å². The smallest absolute Gasteiger partial charge is 0.311 e. The number of carbonyl (C=O) groups is 2. The highest BCUT2D eigenvalue weighted by molar-refractivity contribution is 5.83. The van der Waals surface area contributed by atoms with E-state index in [0.29, 0.717) is 32.4 Å². The number of likely N-dealkylation sites (tertiary alicyclic amines) is 1. The van der Waals surface area contributed by atoms with Crippen LogP contribution in [0.2, 0.25) is 0 Å². The van der Waals surface area contributed by atoms with Gasteiger partial charge in [0.1, 0.15) is 0 Å². The van der Waals surface area contributed by atoms with Gasteiger partial charge in [-0.25, -0.2) is 0 Å². The molecule has 104 valence electrons. The molecular formula is C13H24N2O3. The molecule has 0 radical (unpaired) electrons. The SMILES string of the molecule is CCC[C@@H](N)C(=O)N1CCCC(CC)(C(=O)O)C1. The van der Waals surface area contributed by atoms with Crippen LogP contribution in [0.15, 0.2) is 0 Å². The lowest BCUT2D eigenvalue weighted by Gasteiger charge is -2.40. The number of carboxylic acid groups (broad SMARTS) is 1. The number of nitrogens with two attached hydrogens (primary N) is 1. The molecular weight excluding hydrogens is 232 g/mol. The fourth-order valence-corrected chi connectivity index (χ4v) is 2.60. The summed E-state index contributed by atoms with van der Waals surface area (Å²) in [6.45, 7) is 4.78. The zero-order chi connectivity index (χ0) is 13.8. The topological polar surface area (TPSA) is 83.6 Å². The molecule has 1 rings (SSSR count). The molecule has 2 atom stereocenters. The Morgan fingerprint density at radius 2 is 2.11 bits per heavy atom. The van der Waals surface area contributed by atoms with Gasteiger partial charge in [0.05, 0.1) is 11.5 Å². The van der Waals surface area contributed by atoms with Gasteiger partial charge in [-0.3, -0.25) is 9.59 Å². The molecule has 0 aromatic carbocycles. The molecule has 1 aliphatic heterocycles. The van der Waals surface area contributed by atoms with Gasteiger partial charge in [0.2, 0.25) is 5.91 Å². The maximum atomic E-state index is 12.1. The fourth-order valence-electron chi connectivity index (χ4n) is 2.60. The summed E-state index contributed by atoms with van der Waals surface area (Å²) in [5.74, 6) is -0.901. The van der Waals surface area contributed by atoms with E-state index < -0.39 is 17.4 Å². The van der Waals surface area contributed by atoms with Crippen LogP contribution in [0.5, 0.6) is 0 Å². The van der Waals surface area contributed by atoms with Crippen molar-refractivity contribution in [3.63, 3.8) is 0 Å². The Kier molecular flexibility index (Phi) is 5.14. The summed E-state index contributed by atoms with van der Waals surface area (Å²) in [6, 6.07) is -0.489. The molecule has 0 aromatic heterocycles. The average Bonchev–Trinajstić information content (AvgIpc) is 2.37. The lowest BCUT2D eigenvalue weighted by molar-refractivity contribution is -0.155. The van der Waals surface area contributed by atoms with Gasteiger partial charge in [0, 0.05) is 13.1 Å². The number of carboxylic acids is 1. The van der Waals surface area contributed by atoms with Crippen molar-refractivity contribution < 1.29 is 14.7 Å². The van der Waals surface area contributed by atoms with Crippen molar-refractivity contribution in [2.24, 2.45) is 11.1 Å². The van der Waals surface area contributed by atoms with Gasteiger partial charge in [0.25, 0.3) is 0 Å². The number of rotatable bonds is 5. The van der Waals surface area contributed by atoms with Crippen LogP contribution in [0.3, 0.4) is 0 Å². The van der Waals surface area contributed by atoms with Crippen molar-refractivity contribution in [1.29, 1.82) is 0 Å². The summed E-state index contributed by atoms with van der Waals surface area (Å²) in [4.78, 5) is 25.2. The van der Waals surface area contributed by atoms with Crippen molar-refractivity contribution in [2.75, 3.05) is 13.1 Å². The Bertz CT molecular complexity index is 319. The predicted octanol–water partition coefficient (Wildman–Crippen LogP) is 1.22. The van der Waals surface area contributed by atoms with E-state index in [0.717, 1.165) is 12.8 Å². The molecule has 5 heteroatoms. The Morgan fingerprint density at radius 3 is 2.61 bits per heavy atom. The minimum Gasteiger partial charge on any atom is -0.481 e. The zero-order valence-electron chi connectivity index (χ0n) is 11.3. The summed E-state index contributed by atoms with van der Waals surface area (Å²) in [7, 11) is 0. The molecule has 1 amide bonds. The second-order valence-corrected chi connectivity index (χ2v) is 5.20. The third-order valence-corrected chi connectivity index (χ3v) is 3.94. The molecule has 0 bridgehead atoms. The average molecular weight is 256 g/mol. The van der Waals surface area contributed by atoms with Gasteiger partial charge in [-0.05, 0) is 25.7 Å². The maximum absolute atomic E-state index is 12.1. The maximum Gasteiger partial charge on any atom is 0.311 e. The number of nitrogens with zero attached hydrogens (tertiary/aromatic N) is 1. The van der Waals surface area contributed by atoms with Crippen LogP contribution in [-0.4, -0.2) is 41.0 Å². The van der Waals surface area contributed by atoms with Crippen molar-refractivity contribution in [1.82, 2.24) is 4.90 Å². The summed E-state index contributed by atoms with van der Waals surface area (Å²) in [5.41, 5.74) is 5.05. The summed E-state index contributed by atoms with van der Waals surface area (Å²) < 4.78 is 0. The number of hydrogen-bond acceptors (Lipinski definition) is 3. The largest absolute Gasteiger partial charge is 0.481 e. The van der Waals surface area contributed by atoms with Crippen molar-refractivity contribution in [2.45, 2.75) is 52.0 Å². The molecule has 3 N–H and O–H groups in total. The van der Waals surface area contributed by atoms with Crippen LogP contribution >= 0.6 is 0 Å². The van der Waals surface area contributed by atoms with E-state index in [9.17, 15) is 14.7 Å². The normalized spacial score (nSPS) is 25.8. The van der Waals surface area contributed by atoms with Crippen molar-refractivity contribution in [3.05, 3.63) is 0 Å². The van der Waals surface area contributed by atoms with E-state index in [1.54, 1.807) is 4.90 Å². The number of hydrogen-bond donors (Lipinski definition) is 2. The Balaban J connectivity index is 2.74. The van der Waals surface area contributed by atoms with Gasteiger partial charge in [-0.2, -0.15) is 0 Å². The molecule has 1 heterocycles. The molecule has 5 nitrogen and oxygen atoms in total. The molecule has 18 heavy (non-hydrogen) atoms. The van der Waals surface area contributed by atoms with Crippen LogP contribution in [0.4, 0.5) is 0 Å². The molecule has 0 aromatic rings. The van der Waals surface area contributed by atoms with Gasteiger partial charge >= 0.3 is 5.97 Å². The lowest BCUT2D eigenvalue weighted by Crippen LogP contribution is -2.53. The minimum atomic E-state index is -0.799. The lowest BCUT2D eigenvalue weighted by atomic mass is 9.77. The quantitative estimate of drug-likeness (QED) is 0.774. The number of amides is 1. The number of aliphatic carboxylic acids is 1. The van der Waals surface area contributed by atoms with Crippen LogP contribution in [0.1, 0.15) is 46.0 Å². The highest BCUT2D eigenvalue weighted by Gasteiger charge is 2.42. The van der Waals surface area contributed by atoms with E-state index in [2.05, 4.69) is 0 Å². The third-order valence-electron chi connectivity index (χ3n) is 3.94. The predicted molar refractivity (Wildman–Crippen MR) is 69.1 cm³/mol. The molecule has 1 fully saturated rings. The standard InChI is InChI=1S/C13H24N2O3/c1-3-6-10(14)11(16)15-8-5-7-13(4-2,9-15)12(17)18/h10H,3-9,14H2,1-2H3,(H,17,18)/t10-,13?/m1/s1. The van der Waals surface area contributed by atoms with Crippen LogP contribution in [0, 0.1) is 5.41 Å². The minimum absolute atomic E-state index is 0.101. The Labute approximate surface area is 108 Å². The number of carbonyl (C=O) groups excluding carboxylic acids is 1. The van der Waals surface area contributed by atoms with Gasteiger partial charge in [-0.15, -0.1) is 0 Å². The van der Waals surface area contributed by atoms with E-state index in [4.69, 9.17) is 5.73 Å². The first-order valence-corrected chi connectivity index (χ1v) is 6.74. The monoisotopic (exact) mass is 256 g/mol. The molecule has 1 aliphatic rings. The first-order chi connectivity index (χ1) is 8.46. The molecule has 0 saturated carbocycles. The van der Waals surface area contributed by atoms with Crippen LogP contribution < -0.4 is 5.73 Å². The van der Waals surface area contributed by atoms with E-state index >= 15 is 0 Å². The van der Waals surface area contributed by atoms with Crippen LogP contribution in [-0.2, 0) is 9.59 Å². The van der Waals surface area contributed by atoms with E-state index in [1.807, 2.05) is 13.8 Å². The molecule has 0 spiro atoms. The van der Waals surface area contributed by atoms with E-state index in [-0.39, 0.29) is 5.91 Å². The molecule has 1 saturated heterocycles. The second kappa shape index (κ2) is 6.18. The van der Waals surface area contributed by atoms with E-state index in [1.165, 1.54) is 0 Å². The summed E-state index contributed by atoms with van der Waals surface area (Å²) in [6.07, 6.45) is 3.45. The second-order valence-electron chi connectivity index (χ2n) is 5.20. The fraction of sp³-hybridized carbons (Fsp3) is 0.846. The summed E-state index contributed by atoms with van der Waals surface area (Å²) >= 11 is 0. The Hall–Kier alpha value is -1.10. The highest BCUT2D eigenvalue weighted by Crippen LogP contribution is 2.33. The van der Waals surface area contributed by atoms with Crippen LogP contribution in [0.25, 0.3) is 0 Å². The van der Waals surface area contributed by atoms with Gasteiger partial charge in [-0.1, -0.05) is 20.3 Å². The first-order valence-electron chi connectivity index (χ1n) is 6.74. The zero-order valence-corrected chi connectivity index (χ0v) is 11.3. The number of piperidine rings is 1. The van der Waals surface area contributed by atoms with Gasteiger partial charge in [0.15, 0.2) is 0 Å². The highest BCUT2D eigenvalue weighted by atomic mass is 16.4. The van der Waals surface area contributed by atoms with Crippen molar-refractivity contribution in [3.8, 4) is 0 Å². The first kappa shape index (κ1) is 15.0. The molecule has 0 aliphatic carbocycles. The molecule has 1 unspecified atom stereocenters.